The minimum absolute atomic E-state index is 0.817. The number of aryl methyl sites for hydroxylation is 1. The molecule has 0 atom stereocenters. The molecule has 98 valence electrons. The van der Waals surface area contributed by atoms with Crippen LogP contribution in [0.25, 0.3) is 0 Å². The van der Waals surface area contributed by atoms with Crippen molar-refractivity contribution in [3.63, 3.8) is 0 Å². The third-order valence-electron chi connectivity index (χ3n) is 2.29. The quantitative estimate of drug-likeness (QED) is 0.513. The van der Waals surface area contributed by atoms with E-state index in [-0.39, 0.29) is 0 Å². The van der Waals surface area contributed by atoms with Crippen molar-refractivity contribution in [2.75, 3.05) is 32.1 Å². The van der Waals surface area contributed by atoms with Gasteiger partial charge in [0.25, 0.3) is 0 Å². The molecule has 1 aromatic heterocycles. The number of hydrogen-bond donors (Lipinski definition) is 1. The largest absolute Gasteiger partial charge is 0.380 e. The van der Waals surface area contributed by atoms with Crippen molar-refractivity contribution < 1.29 is 4.74 Å². The summed E-state index contributed by atoms with van der Waals surface area (Å²) in [7, 11) is 1.94. The van der Waals surface area contributed by atoms with Crippen molar-refractivity contribution >= 4 is 11.8 Å². The molecule has 0 bridgehead atoms. The third-order valence-corrected chi connectivity index (χ3v) is 3.25. The molecule has 1 aromatic rings. The number of ether oxygens (including phenoxy) is 1. The van der Waals surface area contributed by atoms with Crippen molar-refractivity contribution in [3.8, 4) is 0 Å². The third kappa shape index (κ3) is 7.41. The Hall–Kier alpha value is -0.520. The number of rotatable bonds is 10. The molecule has 4 nitrogen and oxygen atoms in total. The number of hydrogen-bond acceptors (Lipinski definition) is 4. The second kappa shape index (κ2) is 9.50. The first-order chi connectivity index (χ1) is 8.33. The van der Waals surface area contributed by atoms with Crippen molar-refractivity contribution in [2.24, 2.45) is 7.05 Å². The van der Waals surface area contributed by atoms with Gasteiger partial charge in [-0.25, -0.2) is 0 Å². The topological polar surface area (TPSA) is 39.1 Å². The number of thioether (sulfide) groups is 1. The van der Waals surface area contributed by atoms with Gasteiger partial charge in [0, 0.05) is 43.6 Å². The zero-order valence-electron chi connectivity index (χ0n) is 10.8. The number of unbranched alkanes of at least 4 members (excludes halogenated alkanes) is 1. The lowest BCUT2D eigenvalue weighted by atomic mass is 10.4. The molecule has 0 aliphatic carbocycles. The van der Waals surface area contributed by atoms with Gasteiger partial charge in [0.05, 0.1) is 12.8 Å². The molecule has 17 heavy (non-hydrogen) atoms. The van der Waals surface area contributed by atoms with Crippen molar-refractivity contribution in [3.05, 3.63) is 12.4 Å². The van der Waals surface area contributed by atoms with Crippen LogP contribution in [0.3, 0.4) is 0 Å². The minimum atomic E-state index is 0.817. The average molecular weight is 257 g/mol. The molecule has 0 fully saturated rings. The van der Waals surface area contributed by atoms with Crippen LogP contribution in [0.5, 0.6) is 0 Å². The molecule has 0 amide bonds. The molecule has 0 spiro atoms. The molecule has 0 saturated carbocycles. The second-order valence-electron chi connectivity index (χ2n) is 3.91. The Bertz CT molecular complexity index is 291. The van der Waals surface area contributed by atoms with E-state index in [0.29, 0.717) is 0 Å². The monoisotopic (exact) mass is 257 g/mol. The van der Waals surface area contributed by atoms with Crippen molar-refractivity contribution in [2.45, 2.75) is 24.7 Å². The van der Waals surface area contributed by atoms with Gasteiger partial charge in [-0.1, -0.05) is 13.3 Å². The summed E-state index contributed by atoms with van der Waals surface area (Å²) in [6.07, 6.45) is 6.31. The summed E-state index contributed by atoms with van der Waals surface area (Å²) >= 11 is 1.83. The molecular formula is C12H23N3OS. The molecule has 0 aliphatic rings. The first-order valence-electron chi connectivity index (χ1n) is 6.23. The van der Waals surface area contributed by atoms with Crippen LogP contribution in [0.2, 0.25) is 0 Å². The van der Waals surface area contributed by atoms with Gasteiger partial charge in [-0.15, -0.1) is 11.8 Å². The lowest BCUT2D eigenvalue weighted by Gasteiger charge is -2.05. The lowest BCUT2D eigenvalue weighted by Crippen LogP contribution is -2.22. The standard InChI is InChI=1S/C12H23N3OS/c1-3-4-7-16-8-5-13-6-9-17-12-10-14-15(2)11-12/h10-11,13H,3-9H2,1-2H3. The highest BCUT2D eigenvalue weighted by molar-refractivity contribution is 7.99. The van der Waals surface area contributed by atoms with Crippen LogP contribution < -0.4 is 5.32 Å². The van der Waals surface area contributed by atoms with E-state index < -0.39 is 0 Å². The Morgan fingerprint density at radius 3 is 3.00 bits per heavy atom. The van der Waals surface area contributed by atoms with E-state index >= 15 is 0 Å². The number of nitrogens with one attached hydrogen (secondary N) is 1. The molecule has 5 heteroatoms. The Morgan fingerprint density at radius 2 is 2.29 bits per heavy atom. The van der Waals surface area contributed by atoms with E-state index in [1.54, 1.807) is 0 Å². The van der Waals surface area contributed by atoms with Crippen molar-refractivity contribution in [1.82, 2.24) is 15.1 Å². The SMILES string of the molecule is CCCCOCCNCCSc1cnn(C)c1. The molecule has 0 aliphatic heterocycles. The van der Waals surface area contributed by atoms with E-state index in [1.807, 2.05) is 35.9 Å². The van der Waals surface area contributed by atoms with Gasteiger partial charge in [0.2, 0.25) is 0 Å². The Morgan fingerprint density at radius 1 is 1.41 bits per heavy atom. The summed E-state index contributed by atoms with van der Waals surface area (Å²) in [5, 5.41) is 7.50. The molecular weight excluding hydrogens is 234 g/mol. The maximum atomic E-state index is 5.46. The summed E-state index contributed by atoms with van der Waals surface area (Å²) < 4.78 is 7.29. The van der Waals surface area contributed by atoms with Crippen LogP contribution in [0.1, 0.15) is 19.8 Å². The van der Waals surface area contributed by atoms with Gasteiger partial charge in [0.15, 0.2) is 0 Å². The van der Waals surface area contributed by atoms with E-state index in [0.717, 1.165) is 38.5 Å². The fourth-order valence-electron chi connectivity index (χ4n) is 1.33. The highest BCUT2D eigenvalue weighted by Crippen LogP contribution is 2.14. The van der Waals surface area contributed by atoms with E-state index in [4.69, 9.17) is 4.74 Å². The summed E-state index contributed by atoms with van der Waals surface area (Å²) in [6, 6.07) is 0. The van der Waals surface area contributed by atoms with E-state index in [2.05, 4.69) is 17.3 Å². The fourth-order valence-corrected chi connectivity index (χ4v) is 2.16. The van der Waals surface area contributed by atoms with Crippen LogP contribution >= 0.6 is 11.8 Å². The average Bonchev–Trinajstić information content (AvgIpc) is 2.73. The van der Waals surface area contributed by atoms with Gasteiger partial charge < -0.3 is 10.1 Å². The van der Waals surface area contributed by atoms with Gasteiger partial charge >= 0.3 is 0 Å². The smallest absolute Gasteiger partial charge is 0.0625 e. The zero-order chi connectivity index (χ0) is 12.3. The normalized spacial score (nSPS) is 10.9. The molecule has 0 radical (unpaired) electrons. The van der Waals surface area contributed by atoms with Crippen molar-refractivity contribution in [1.29, 1.82) is 0 Å². The summed E-state index contributed by atoms with van der Waals surface area (Å²) in [5.41, 5.74) is 0. The maximum absolute atomic E-state index is 5.46. The first kappa shape index (κ1) is 14.5. The Balaban J connectivity index is 1.84. The van der Waals surface area contributed by atoms with Gasteiger partial charge in [-0.05, 0) is 6.42 Å². The van der Waals surface area contributed by atoms with Gasteiger partial charge in [0.1, 0.15) is 0 Å². The minimum Gasteiger partial charge on any atom is -0.380 e. The molecule has 1 rings (SSSR count). The summed E-state index contributed by atoms with van der Waals surface area (Å²) in [6.45, 7) is 5.84. The first-order valence-corrected chi connectivity index (χ1v) is 7.21. The molecule has 0 unspecified atom stereocenters. The Labute approximate surface area is 108 Å². The predicted molar refractivity (Wildman–Crippen MR) is 72.5 cm³/mol. The predicted octanol–water partition coefficient (Wildman–Crippen LogP) is 1.92. The highest BCUT2D eigenvalue weighted by atomic mass is 32.2. The van der Waals surface area contributed by atoms with Crippen LogP contribution in [-0.2, 0) is 11.8 Å². The fraction of sp³-hybridized carbons (Fsp3) is 0.750. The van der Waals surface area contributed by atoms with E-state index in [1.165, 1.54) is 11.3 Å². The number of nitrogens with zero attached hydrogens (tertiary/aromatic N) is 2. The molecule has 0 aromatic carbocycles. The van der Waals surface area contributed by atoms with E-state index in [9.17, 15) is 0 Å². The van der Waals surface area contributed by atoms with Crippen LogP contribution in [-0.4, -0.2) is 41.8 Å². The van der Waals surface area contributed by atoms with Gasteiger partial charge in [-0.2, -0.15) is 5.10 Å². The van der Waals surface area contributed by atoms with Crippen LogP contribution in [0, 0.1) is 0 Å². The van der Waals surface area contributed by atoms with Crippen LogP contribution in [0.4, 0.5) is 0 Å². The van der Waals surface area contributed by atoms with Crippen LogP contribution in [0.15, 0.2) is 17.3 Å². The second-order valence-corrected chi connectivity index (χ2v) is 5.08. The summed E-state index contributed by atoms with van der Waals surface area (Å²) in [4.78, 5) is 1.23. The Kier molecular flexibility index (Phi) is 8.13. The molecule has 1 heterocycles. The lowest BCUT2D eigenvalue weighted by molar-refractivity contribution is 0.133. The molecule has 1 N–H and O–H groups in total. The maximum Gasteiger partial charge on any atom is 0.0625 e. The molecule has 0 saturated heterocycles. The zero-order valence-corrected chi connectivity index (χ0v) is 11.6. The summed E-state index contributed by atoms with van der Waals surface area (Å²) in [5.74, 6) is 1.07. The van der Waals surface area contributed by atoms with Gasteiger partial charge in [-0.3, -0.25) is 4.68 Å². The number of aromatic nitrogens is 2. The highest BCUT2D eigenvalue weighted by Gasteiger charge is 1.96.